The van der Waals surface area contributed by atoms with Crippen LogP contribution in [0.4, 0.5) is 0 Å². The van der Waals surface area contributed by atoms with Crippen LogP contribution in [0.25, 0.3) is 10.6 Å². The van der Waals surface area contributed by atoms with Crippen LogP contribution in [0.1, 0.15) is 52.8 Å². The Balaban J connectivity index is 1.69. The van der Waals surface area contributed by atoms with Gasteiger partial charge in [-0.25, -0.2) is 4.98 Å². The maximum atomic E-state index is 12.3. The van der Waals surface area contributed by atoms with E-state index in [4.69, 9.17) is 4.52 Å². The Bertz CT molecular complexity index is 859. The van der Waals surface area contributed by atoms with Crippen molar-refractivity contribution in [1.82, 2.24) is 15.5 Å². The Kier molecular flexibility index (Phi) is 4.99. The smallest absolute Gasteiger partial charge is 0.271 e. The predicted octanol–water partition coefficient (Wildman–Crippen LogP) is 4.47. The van der Waals surface area contributed by atoms with Crippen molar-refractivity contribution in [3.05, 3.63) is 57.9 Å². The number of nitrogens with zero attached hydrogens (tertiary/aromatic N) is 2. The second-order valence-electron chi connectivity index (χ2n) is 6.30. The van der Waals surface area contributed by atoms with E-state index in [1.807, 2.05) is 13.8 Å². The lowest BCUT2D eigenvalue weighted by Gasteiger charge is -2.05. The van der Waals surface area contributed by atoms with Crippen LogP contribution in [0, 0.1) is 13.8 Å². The lowest BCUT2D eigenvalue weighted by atomic mass is 10.0. The van der Waals surface area contributed by atoms with Crippen molar-refractivity contribution in [2.24, 2.45) is 0 Å². The third-order valence-corrected chi connectivity index (χ3v) is 5.06. The fraction of sp³-hybridized carbons (Fsp3) is 0.316. The highest BCUT2D eigenvalue weighted by atomic mass is 32.1. The number of thiazole rings is 1. The molecule has 0 unspecified atom stereocenters. The maximum Gasteiger partial charge on any atom is 0.271 e. The van der Waals surface area contributed by atoms with Crippen LogP contribution in [0.5, 0.6) is 0 Å². The second-order valence-corrected chi connectivity index (χ2v) is 7.16. The molecule has 1 amide bonds. The standard InChI is InChI=1S/C19H21N3O2S/c1-11(2)14-5-7-15(8-6-14)19-21-17(10-25-19)18(23)20-9-16-12(3)22-24-13(16)4/h5-8,10-11H,9H2,1-4H3,(H,20,23). The molecule has 25 heavy (non-hydrogen) atoms. The van der Waals surface area contributed by atoms with Gasteiger partial charge in [-0.05, 0) is 25.3 Å². The molecular formula is C19H21N3O2S. The molecule has 0 atom stereocenters. The van der Waals surface area contributed by atoms with E-state index in [0.29, 0.717) is 18.2 Å². The predicted molar refractivity (Wildman–Crippen MR) is 98.8 cm³/mol. The van der Waals surface area contributed by atoms with E-state index in [0.717, 1.165) is 27.6 Å². The zero-order valence-electron chi connectivity index (χ0n) is 14.8. The summed E-state index contributed by atoms with van der Waals surface area (Å²) in [5, 5.41) is 9.40. The van der Waals surface area contributed by atoms with E-state index in [1.54, 1.807) is 5.38 Å². The molecule has 0 fully saturated rings. The fourth-order valence-corrected chi connectivity index (χ4v) is 3.34. The molecule has 3 rings (SSSR count). The zero-order chi connectivity index (χ0) is 18.0. The van der Waals surface area contributed by atoms with Crippen molar-refractivity contribution < 1.29 is 9.32 Å². The lowest BCUT2D eigenvalue weighted by Crippen LogP contribution is -2.23. The van der Waals surface area contributed by atoms with E-state index < -0.39 is 0 Å². The van der Waals surface area contributed by atoms with Crippen LogP contribution in [0.15, 0.2) is 34.2 Å². The normalized spacial score (nSPS) is 11.1. The lowest BCUT2D eigenvalue weighted by molar-refractivity contribution is 0.0946. The van der Waals surface area contributed by atoms with Crippen LogP contribution in [-0.4, -0.2) is 16.0 Å². The van der Waals surface area contributed by atoms with Gasteiger partial charge in [-0.2, -0.15) is 0 Å². The van der Waals surface area contributed by atoms with Gasteiger partial charge >= 0.3 is 0 Å². The molecule has 2 heterocycles. The van der Waals surface area contributed by atoms with Crippen LogP contribution >= 0.6 is 11.3 Å². The van der Waals surface area contributed by atoms with Gasteiger partial charge in [-0.3, -0.25) is 4.79 Å². The molecule has 0 aliphatic rings. The summed E-state index contributed by atoms with van der Waals surface area (Å²) in [6, 6.07) is 8.33. The second kappa shape index (κ2) is 7.19. The first kappa shape index (κ1) is 17.4. The van der Waals surface area contributed by atoms with E-state index in [2.05, 4.69) is 53.6 Å². The van der Waals surface area contributed by atoms with E-state index >= 15 is 0 Å². The Morgan fingerprint density at radius 3 is 2.56 bits per heavy atom. The third-order valence-electron chi connectivity index (χ3n) is 4.17. The maximum absolute atomic E-state index is 12.3. The van der Waals surface area contributed by atoms with Gasteiger partial charge in [0.1, 0.15) is 16.5 Å². The van der Waals surface area contributed by atoms with Crippen molar-refractivity contribution in [2.45, 2.75) is 40.2 Å². The molecule has 0 aliphatic carbocycles. The summed E-state index contributed by atoms with van der Waals surface area (Å²) >= 11 is 1.47. The van der Waals surface area contributed by atoms with Gasteiger partial charge in [-0.15, -0.1) is 11.3 Å². The monoisotopic (exact) mass is 355 g/mol. The molecule has 0 saturated carbocycles. The Morgan fingerprint density at radius 1 is 1.24 bits per heavy atom. The number of aryl methyl sites for hydroxylation is 2. The van der Waals surface area contributed by atoms with Crippen molar-refractivity contribution in [3.63, 3.8) is 0 Å². The van der Waals surface area contributed by atoms with E-state index in [9.17, 15) is 4.79 Å². The number of hydrogen-bond donors (Lipinski definition) is 1. The quantitative estimate of drug-likeness (QED) is 0.733. The van der Waals surface area contributed by atoms with Gasteiger partial charge < -0.3 is 9.84 Å². The van der Waals surface area contributed by atoms with Crippen molar-refractivity contribution in [1.29, 1.82) is 0 Å². The first-order chi connectivity index (χ1) is 12.0. The molecular weight excluding hydrogens is 334 g/mol. The fourth-order valence-electron chi connectivity index (χ4n) is 2.53. The molecule has 6 heteroatoms. The summed E-state index contributed by atoms with van der Waals surface area (Å²) < 4.78 is 5.11. The van der Waals surface area contributed by atoms with Gasteiger partial charge in [0.05, 0.1) is 5.69 Å². The molecule has 0 bridgehead atoms. The molecule has 1 N–H and O–H groups in total. The molecule has 3 aromatic rings. The molecule has 130 valence electrons. The van der Waals surface area contributed by atoms with Gasteiger partial charge in [0.15, 0.2) is 0 Å². The number of carbonyl (C=O) groups is 1. The minimum Gasteiger partial charge on any atom is -0.361 e. The SMILES string of the molecule is Cc1noc(C)c1CNC(=O)c1csc(-c2ccc(C(C)C)cc2)n1. The van der Waals surface area contributed by atoms with E-state index in [1.165, 1.54) is 16.9 Å². The summed E-state index contributed by atoms with van der Waals surface area (Å²) in [4.78, 5) is 16.8. The Labute approximate surface area is 151 Å². The van der Waals surface area contributed by atoms with Crippen LogP contribution in [-0.2, 0) is 6.54 Å². The zero-order valence-corrected chi connectivity index (χ0v) is 15.6. The topological polar surface area (TPSA) is 68.0 Å². The van der Waals surface area contributed by atoms with Crippen molar-refractivity contribution in [2.75, 3.05) is 0 Å². The molecule has 0 spiro atoms. The summed E-state index contributed by atoms with van der Waals surface area (Å²) in [6.07, 6.45) is 0. The molecule has 0 aliphatic heterocycles. The van der Waals surface area contributed by atoms with Crippen LogP contribution in [0.3, 0.4) is 0 Å². The van der Waals surface area contributed by atoms with Crippen LogP contribution in [0.2, 0.25) is 0 Å². The molecule has 1 aromatic carbocycles. The van der Waals surface area contributed by atoms with Gasteiger partial charge in [0.2, 0.25) is 0 Å². The number of aromatic nitrogens is 2. The highest BCUT2D eigenvalue weighted by molar-refractivity contribution is 7.13. The minimum atomic E-state index is -0.193. The highest BCUT2D eigenvalue weighted by Gasteiger charge is 2.14. The van der Waals surface area contributed by atoms with Gasteiger partial charge in [0, 0.05) is 23.1 Å². The number of benzene rings is 1. The first-order valence-electron chi connectivity index (χ1n) is 8.21. The van der Waals surface area contributed by atoms with Crippen molar-refractivity contribution >= 4 is 17.2 Å². The Morgan fingerprint density at radius 2 is 1.96 bits per heavy atom. The highest BCUT2D eigenvalue weighted by Crippen LogP contribution is 2.25. The number of rotatable bonds is 5. The largest absolute Gasteiger partial charge is 0.361 e. The summed E-state index contributed by atoms with van der Waals surface area (Å²) in [5.74, 6) is 1.03. The van der Waals surface area contributed by atoms with Gasteiger partial charge in [0.25, 0.3) is 5.91 Å². The summed E-state index contributed by atoms with van der Waals surface area (Å²) in [5.41, 5.74) is 4.45. The van der Waals surface area contributed by atoms with Crippen LogP contribution < -0.4 is 5.32 Å². The van der Waals surface area contributed by atoms with Crippen molar-refractivity contribution in [3.8, 4) is 10.6 Å². The molecule has 5 nitrogen and oxygen atoms in total. The average molecular weight is 355 g/mol. The van der Waals surface area contributed by atoms with E-state index in [-0.39, 0.29) is 5.91 Å². The number of amides is 1. The summed E-state index contributed by atoms with van der Waals surface area (Å²) in [7, 11) is 0. The molecule has 0 radical (unpaired) electrons. The number of hydrogen-bond acceptors (Lipinski definition) is 5. The number of nitrogens with one attached hydrogen (secondary N) is 1. The molecule has 0 saturated heterocycles. The minimum absolute atomic E-state index is 0.193. The number of carbonyl (C=O) groups excluding carboxylic acids is 1. The summed E-state index contributed by atoms with van der Waals surface area (Å²) in [6.45, 7) is 8.42. The average Bonchev–Trinajstić information content (AvgIpc) is 3.21. The first-order valence-corrected chi connectivity index (χ1v) is 9.09. The van der Waals surface area contributed by atoms with Gasteiger partial charge in [-0.1, -0.05) is 43.3 Å². The third kappa shape index (κ3) is 3.79. The molecule has 2 aromatic heterocycles. The Hall–Kier alpha value is -2.47.